The standard InChI is InChI=1S/C19H15ClF3N3O3/c1-2-25-17(28)12-5-3-4-6-15(12)26(18(25)29)10-16(27)24-14-9-11(19(21,22)23)7-8-13(14)20/h3-9H,2,10H2,1H3,(H,24,27). The first kappa shape index (κ1) is 20.7. The molecule has 2 aromatic carbocycles. The molecule has 0 unspecified atom stereocenters. The van der Waals surface area contributed by atoms with Gasteiger partial charge >= 0.3 is 11.9 Å². The molecule has 29 heavy (non-hydrogen) atoms. The Morgan fingerprint density at radius 1 is 1.10 bits per heavy atom. The second-order valence-corrected chi connectivity index (χ2v) is 6.58. The molecule has 1 amide bonds. The average molecular weight is 426 g/mol. The SMILES string of the molecule is CCn1c(=O)c2ccccc2n(CC(=O)Nc2cc(C(F)(F)F)ccc2Cl)c1=O. The van der Waals surface area contributed by atoms with E-state index < -0.39 is 35.4 Å². The quantitative estimate of drug-likeness (QED) is 0.695. The molecule has 3 aromatic rings. The van der Waals surface area contributed by atoms with E-state index in [0.717, 1.165) is 21.3 Å². The second-order valence-electron chi connectivity index (χ2n) is 6.18. The van der Waals surface area contributed by atoms with Gasteiger partial charge in [0.05, 0.1) is 27.2 Å². The third-order valence-corrected chi connectivity index (χ3v) is 4.65. The highest BCUT2D eigenvalue weighted by molar-refractivity contribution is 6.33. The van der Waals surface area contributed by atoms with Gasteiger partial charge in [-0.15, -0.1) is 0 Å². The van der Waals surface area contributed by atoms with Crippen molar-refractivity contribution in [3.63, 3.8) is 0 Å². The van der Waals surface area contributed by atoms with E-state index >= 15 is 0 Å². The number of amides is 1. The topological polar surface area (TPSA) is 73.1 Å². The number of hydrogen-bond donors (Lipinski definition) is 1. The monoisotopic (exact) mass is 425 g/mol. The molecule has 1 N–H and O–H groups in total. The molecule has 0 bridgehead atoms. The van der Waals surface area contributed by atoms with Crippen LogP contribution in [0.3, 0.4) is 0 Å². The lowest BCUT2D eigenvalue weighted by molar-refractivity contribution is -0.137. The van der Waals surface area contributed by atoms with Gasteiger partial charge in [-0.3, -0.25) is 18.7 Å². The van der Waals surface area contributed by atoms with Crippen LogP contribution >= 0.6 is 11.6 Å². The molecule has 1 heterocycles. The van der Waals surface area contributed by atoms with E-state index in [1.165, 1.54) is 12.1 Å². The molecule has 0 radical (unpaired) electrons. The number of para-hydroxylation sites is 1. The Hall–Kier alpha value is -3.07. The molecule has 0 aliphatic rings. The molecule has 3 rings (SSSR count). The van der Waals surface area contributed by atoms with Crippen molar-refractivity contribution >= 4 is 34.1 Å². The number of carbonyl (C=O) groups is 1. The summed E-state index contributed by atoms with van der Waals surface area (Å²) < 4.78 is 40.8. The lowest BCUT2D eigenvalue weighted by atomic mass is 10.2. The van der Waals surface area contributed by atoms with E-state index in [9.17, 15) is 27.6 Å². The van der Waals surface area contributed by atoms with Gasteiger partial charge in [0.2, 0.25) is 5.91 Å². The fourth-order valence-corrected chi connectivity index (χ4v) is 3.10. The highest BCUT2D eigenvalue weighted by atomic mass is 35.5. The van der Waals surface area contributed by atoms with E-state index in [2.05, 4.69) is 5.32 Å². The van der Waals surface area contributed by atoms with Crippen molar-refractivity contribution in [3.05, 3.63) is 73.9 Å². The van der Waals surface area contributed by atoms with Gasteiger partial charge in [-0.1, -0.05) is 23.7 Å². The summed E-state index contributed by atoms with van der Waals surface area (Å²) in [7, 11) is 0. The zero-order valence-corrected chi connectivity index (χ0v) is 15.8. The first-order chi connectivity index (χ1) is 13.6. The molecule has 0 atom stereocenters. The number of hydrogen-bond acceptors (Lipinski definition) is 3. The van der Waals surface area contributed by atoms with Crippen molar-refractivity contribution in [1.29, 1.82) is 0 Å². The number of nitrogens with one attached hydrogen (secondary N) is 1. The van der Waals surface area contributed by atoms with Gasteiger partial charge in [0.15, 0.2) is 0 Å². The van der Waals surface area contributed by atoms with Crippen molar-refractivity contribution in [1.82, 2.24) is 9.13 Å². The van der Waals surface area contributed by atoms with Crippen LogP contribution in [0.5, 0.6) is 0 Å². The van der Waals surface area contributed by atoms with Gasteiger partial charge < -0.3 is 5.32 Å². The fourth-order valence-electron chi connectivity index (χ4n) is 2.93. The van der Waals surface area contributed by atoms with Crippen LogP contribution in [0.2, 0.25) is 5.02 Å². The van der Waals surface area contributed by atoms with E-state index in [1.54, 1.807) is 19.1 Å². The van der Waals surface area contributed by atoms with E-state index in [-0.39, 0.29) is 28.2 Å². The molecule has 0 saturated heterocycles. The van der Waals surface area contributed by atoms with Crippen LogP contribution in [0.4, 0.5) is 18.9 Å². The third-order valence-electron chi connectivity index (χ3n) is 4.32. The summed E-state index contributed by atoms with van der Waals surface area (Å²) in [5, 5.41) is 2.46. The Kier molecular flexibility index (Phi) is 5.52. The third kappa shape index (κ3) is 4.04. The van der Waals surface area contributed by atoms with Crippen LogP contribution in [-0.2, 0) is 24.1 Å². The molecular weight excluding hydrogens is 411 g/mol. The largest absolute Gasteiger partial charge is 0.416 e. The Morgan fingerprint density at radius 2 is 1.79 bits per heavy atom. The van der Waals surface area contributed by atoms with Crippen molar-refractivity contribution in [2.45, 2.75) is 26.2 Å². The molecule has 10 heteroatoms. The van der Waals surface area contributed by atoms with Gasteiger partial charge in [0.25, 0.3) is 5.56 Å². The molecule has 1 aromatic heterocycles. The summed E-state index contributed by atoms with van der Waals surface area (Å²) >= 11 is 5.89. The van der Waals surface area contributed by atoms with Crippen LogP contribution in [0.15, 0.2) is 52.1 Å². The van der Waals surface area contributed by atoms with Crippen LogP contribution in [0.1, 0.15) is 12.5 Å². The Labute approximate surface area is 167 Å². The summed E-state index contributed by atoms with van der Waals surface area (Å²) in [5.74, 6) is -0.764. The normalized spacial score (nSPS) is 11.6. The molecule has 0 aliphatic heterocycles. The maximum Gasteiger partial charge on any atom is 0.416 e. The first-order valence-corrected chi connectivity index (χ1v) is 8.90. The molecule has 0 saturated carbocycles. The first-order valence-electron chi connectivity index (χ1n) is 8.52. The van der Waals surface area contributed by atoms with Gasteiger partial charge in [0.1, 0.15) is 6.54 Å². The summed E-state index contributed by atoms with van der Waals surface area (Å²) in [5.41, 5.74) is -2.13. The minimum absolute atomic E-state index is 0.0814. The van der Waals surface area contributed by atoms with Gasteiger partial charge in [0, 0.05) is 6.54 Å². The summed E-state index contributed by atoms with van der Waals surface area (Å²) in [6.45, 7) is 1.21. The van der Waals surface area contributed by atoms with Crippen molar-refractivity contribution in [3.8, 4) is 0 Å². The van der Waals surface area contributed by atoms with Crippen LogP contribution in [-0.4, -0.2) is 15.0 Å². The van der Waals surface area contributed by atoms with Crippen molar-refractivity contribution < 1.29 is 18.0 Å². The molecule has 0 fully saturated rings. The summed E-state index contributed by atoms with van der Waals surface area (Å²) in [4.78, 5) is 37.5. The molecule has 0 aliphatic carbocycles. The number of benzene rings is 2. The lowest BCUT2D eigenvalue weighted by Gasteiger charge is -2.14. The summed E-state index contributed by atoms with van der Waals surface area (Å²) in [6, 6.07) is 8.82. The second kappa shape index (κ2) is 7.75. The molecule has 152 valence electrons. The number of aromatic nitrogens is 2. The van der Waals surface area contributed by atoms with Crippen LogP contribution in [0, 0.1) is 0 Å². The highest BCUT2D eigenvalue weighted by Gasteiger charge is 2.31. The number of rotatable bonds is 4. The van der Waals surface area contributed by atoms with Gasteiger partial charge in [-0.2, -0.15) is 13.2 Å². The minimum Gasteiger partial charge on any atom is -0.323 e. The van der Waals surface area contributed by atoms with Gasteiger partial charge in [-0.25, -0.2) is 4.79 Å². The number of nitrogens with zero attached hydrogens (tertiary/aromatic N) is 2. The lowest BCUT2D eigenvalue weighted by Crippen LogP contribution is -2.41. The Morgan fingerprint density at radius 3 is 2.45 bits per heavy atom. The maximum atomic E-state index is 12.9. The zero-order chi connectivity index (χ0) is 21.3. The number of fused-ring (bicyclic) bond motifs is 1. The van der Waals surface area contributed by atoms with E-state index in [0.29, 0.717) is 6.07 Å². The average Bonchev–Trinajstić information content (AvgIpc) is 2.66. The summed E-state index contributed by atoms with van der Waals surface area (Å²) in [6.07, 6.45) is -4.60. The fraction of sp³-hybridized carbons (Fsp3) is 0.211. The smallest absolute Gasteiger partial charge is 0.323 e. The predicted octanol–water partition coefficient (Wildman–Crippen LogP) is 3.49. The maximum absolute atomic E-state index is 12.9. The van der Waals surface area contributed by atoms with Crippen molar-refractivity contribution in [2.75, 3.05) is 5.32 Å². The van der Waals surface area contributed by atoms with E-state index in [1.807, 2.05) is 0 Å². The van der Waals surface area contributed by atoms with Gasteiger partial charge in [-0.05, 0) is 37.3 Å². The number of halogens is 4. The van der Waals surface area contributed by atoms with Crippen LogP contribution in [0.25, 0.3) is 10.9 Å². The van der Waals surface area contributed by atoms with E-state index in [4.69, 9.17) is 11.6 Å². The Balaban J connectivity index is 2.00. The molecule has 0 spiro atoms. The highest BCUT2D eigenvalue weighted by Crippen LogP contribution is 2.33. The zero-order valence-electron chi connectivity index (χ0n) is 15.1. The predicted molar refractivity (Wildman–Crippen MR) is 103 cm³/mol. The van der Waals surface area contributed by atoms with Crippen LogP contribution < -0.4 is 16.6 Å². The number of anilines is 1. The molecule has 6 nitrogen and oxygen atoms in total. The molecular formula is C19H15ClF3N3O3. The Bertz CT molecular complexity index is 1220. The number of carbonyl (C=O) groups excluding carboxylic acids is 1. The number of alkyl halides is 3. The minimum atomic E-state index is -4.60. The van der Waals surface area contributed by atoms with Crippen molar-refractivity contribution in [2.24, 2.45) is 0 Å².